The molecule has 27 heavy (non-hydrogen) atoms. The molecule has 8 heteroatoms. The van der Waals surface area contributed by atoms with Crippen LogP contribution < -0.4 is 10.1 Å². The quantitative estimate of drug-likeness (QED) is 0.453. The van der Waals surface area contributed by atoms with Gasteiger partial charge >= 0.3 is 5.97 Å². The largest absolute Gasteiger partial charge is 0.495 e. The summed E-state index contributed by atoms with van der Waals surface area (Å²) in [6.07, 6.45) is 0. The summed E-state index contributed by atoms with van der Waals surface area (Å²) in [6, 6.07) is 10.7. The highest BCUT2D eigenvalue weighted by Gasteiger charge is 2.15. The van der Waals surface area contributed by atoms with Gasteiger partial charge in [0.2, 0.25) is 0 Å². The molecule has 0 radical (unpaired) electrons. The van der Waals surface area contributed by atoms with Gasteiger partial charge in [-0.3, -0.25) is 14.9 Å². The van der Waals surface area contributed by atoms with E-state index >= 15 is 0 Å². The molecule has 2 aromatic carbocycles. The molecule has 0 aliphatic carbocycles. The molecule has 0 heterocycles. The van der Waals surface area contributed by atoms with Gasteiger partial charge in [-0.25, -0.2) is 4.79 Å². The van der Waals surface area contributed by atoms with Crippen LogP contribution in [0.25, 0.3) is 0 Å². The SMILES string of the molecule is COc1ccc([N+](=O)[O-])cc1NC(=O)COC(=O)c1ccc(C(C)C)cc1. The molecule has 0 aliphatic heterocycles. The molecule has 142 valence electrons. The number of nitrogens with one attached hydrogen (secondary N) is 1. The second kappa shape index (κ2) is 8.79. The molecular formula is C19H20N2O6. The number of anilines is 1. The molecular weight excluding hydrogens is 352 g/mol. The lowest BCUT2D eigenvalue weighted by Gasteiger charge is -2.10. The molecule has 0 saturated carbocycles. The average molecular weight is 372 g/mol. The molecule has 8 nitrogen and oxygen atoms in total. The fourth-order valence-electron chi connectivity index (χ4n) is 2.31. The molecule has 1 amide bonds. The lowest BCUT2D eigenvalue weighted by Crippen LogP contribution is -2.21. The molecule has 0 aromatic heterocycles. The van der Waals surface area contributed by atoms with Crippen LogP contribution in [0.5, 0.6) is 5.75 Å². The Bertz CT molecular complexity index is 846. The van der Waals surface area contributed by atoms with E-state index < -0.39 is 23.4 Å². The summed E-state index contributed by atoms with van der Waals surface area (Å²) in [5.41, 5.74) is 1.34. The third-order valence-electron chi connectivity index (χ3n) is 3.82. The zero-order chi connectivity index (χ0) is 20.0. The minimum absolute atomic E-state index is 0.119. The maximum atomic E-state index is 12.0. The number of carbonyl (C=O) groups is 2. The van der Waals surface area contributed by atoms with Gasteiger partial charge in [-0.2, -0.15) is 0 Å². The van der Waals surface area contributed by atoms with Crippen molar-refractivity contribution in [3.8, 4) is 5.75 Å². The number of methoxy groups -OCH3 is 1. The normalized spacial score (nSPS) is 10.4. The maximum Gasteiger partial charge on any atom is 0.338 e. The second-order valence-corrected chi connectivity index (χ2v) is 6.04. The Morgan fingerprint density at radius 1 is 1.15 bits per heavy atom. The Hall–Kier alpha value is -3.42. The number of hydrogen-bond donors (Lipinski definition) is 1. The zero-order valence-electron chi connectivity index (χ0n) is 15.2. The number of carbonyl (C=O) groups excluding carboxylic acids is 2. The van der Waals surface area contributed by atoms with Crippen LogP contribution in [0.1, 0.15) is 35.7 Å². The Labute approximate surface area is 156 Å². The molecule has 1 N–H and O–H groups in total. The number of benzene rings is 2. The number of nitro groups is 1. The number of nitro benzene ring substituents is 1. The summed E-state index contributed by atoms with van der Waals surface area (Å²) < 4.78 is 10.0. The first kappa shape index (κ1) is 19.9. The van der Waals surface area contributed by atoms with Crippen LogP contribution in [0.15, 0.2) is 42.5 Å². The molecule has 0 saturated heterocycles. The number of non-ortho nitro benzene ring substituents is 1. The minimum atomic E-state index is -0.638. The number of ether oxygens (including phenoxy) is 2. The first-order valence-electron chi connectivity index (χ1n) is 8.21. The lowest BCUT2D eigenvalue weighted by molar-refractivity contribution is -0.384. The zero-order valence-corrected chi connectivity index (χ0v) is 15.2. The first-order valence-corrected chi connectivity index (χ1v) is 8.21. The standard InChI is InChI=1S/C19H20N2O6/c1-12(2)13-4-6-14(7-5-13)19(23)27-11-18(22)20-16-10-15(21(24)25)8-9-17(16)26-3/h4-10,12H,11H2,1-3H3,(H,20,22). The fraction of sp³-hybridized carbons (Fsp3) is 0.263. The van der Waals surface area contributed by atoms with Crippen molar-refractivity contribution >= 4 is 23.3 Å². The summed E-state index contributed by atoms with van der Waals surface area (Å²) in [5, 5.41) is 13.3. The lowest BCUT2D eigenvalue weighted by atomic mass is 10.0. The highest BCUT2D eigenvalue weighted by atomic mass is 16.6. The van der Waals surface area contributed by atoms with Crippen molar-refractivity contribution in [1.29, 1.82) is 0 Å². The van der Waals surface area contributed by atoms with Crippen LogP contribution in [-0.4, -0.2) is 30.5 Å². The third kappa shape index (κ3) is 5.27. The van der Waals surface area contributed by atoms with E-state index in [1.807, 2.05) is 26.0 Å². The van der Waals surface area contributed by atoms with Gasteiger partial charge in [0.25, 0.3) is 11.6 Å². The summed E-state index contributed by atoms with van der Waals surface area (Å²) in [7, 11) is 1.37. The summed E-state index contributed by atoms with van der Waals surface area (Å²) >= 11 is 0. The van der Waals surface area contributed by atoms with Crippen molar-refractivity contribution in [3.05, 3.63) is 63.7 Å². The molecule has 2 aromatic rings. The Balaban J connectivity index is 1.98. The number of hydrogen-bond acceptors (Lipinski definition) is 6. The van der Waals surface area contributed by atoms with Gasteiger partial charge < -0.3 is 14.8 Å². The van der Waals surface area contributed by atoms with E-state index in [0.717, 1.165) is 5.56 Å². The minimum Gasteiger partial charge on any atom is -0.495 e. The summed E-state index contributed by atoms with van der Waals surface area (Å²) in [4.78, 5) is 34.3. The molecule has 0 unspecified atom stereocenters. The van der Waals surface area contributed by atoms with Crippen LogP contribution in [0.2, 0.25) is 0 Å². The summed E-state index contributed by atoms with van der Waals surface area (Å²) in [5.74, 6) is -0.678. The van der Waals surface area contributed by atoms with Crippen molar-refractivity contribution in [1.82, 2.24) is 0 Å². The van der Waals surface area contributed by atoms with Crippen LogP contribution in [0.3, 0.4) is 0 Å². The number of esters is 1. The topological polar surface area (TPSA) is 108 Å². The Kier molecular flexibility index (Phi) is 6.48. The summed E-state index contributed by atoms with van der Waals surface area (Å²) in [6.45, 7) is 3.55. The van der Waals surface area contributed by atoms with Crippen LogP contribution in [0.4, 0.5) is 11.4 Å². The van der Waals surface area contributed by atoms with E-state index in [2.05, 4.69) is 5.32 Å². The van der Waals surface area contributed by atoms with Gasteiger partial charge in [-0.05, 0) is 29.7 Å². The van der Waals surface area contributed by atoms with Crippen molar-refractivity contribution in [2.24, 2.45) is 0 Å². The van der Waals surface area contributed by atoms with E-state index in [1.54, 1.807) is 12.1 Å². The van der Waals surface area contributed by atoms with E-state index in [-0.39, 0.29) is 17.1 Å². The molecule has 0 fully saturated rings. The van der Waals surface area contributed by atoms with Gasteiger partial charge in [0, 0.05) is 12.1 Å². The maximum absolute atomic E-state index is 12.0. The smallest absolute Gasteiger partial charge is 0.338 e. The highest BCUT2D eigenvalue weighted by molar-refractivity contribution is 5.96. The van der Waals surface area contributed by atoms with Crippen molar-refractivity contribution < 1.29 is 24.0 Å². The van der Waals surface area contributed by atoms with E-state index in [0.29, 0.717) is 11.5 Å². The third-order valence-corrected chi connectivity index (χ3v) is 3.82. The van der Waals surface area contributed by atoms with Gasteiger partial charge in [0.05, 0.1) is 23.3 Å². The predicted molar refractivity (Wildman–Crippen MR) is 99.1 cm³/mol. The molecule has 2 rings (SSSR count). The predicted octanol–water partition coefficient (Wildman–Crippen LogP) is 3.52. The van der Waals surface area contributed by atoms with Crippen molar-refractivity contribution in [3.63, 3.8) is 0 Å². The monoisotopic (exact) mass is 372 g/mol. The number of amides is 1. The van der Waals surface area contributed by atoms with Gasteiger partial charge in [0.15, 0.2) is 6.61 Å². The second-order valence-electron chi connectivity index (χ2n) is 6.04. The van der Waals surface area contributed by atoms with Gasteiger partial charge in [-0.1, -0.05) is 26.0 Å². The first-order chi connectivity index (χ1) is 12.8. The van der Waals surface area contributed by atoms with Gasteiger partial charge in [-0.15, -0.1) is 0 Å². The van der Waals surface area contributed by atoms with Gasteiger partial charge in [0.1, 0.15) is 5.75 Å². The number of rotatable bonds is 7. The average Bonchev–Trinajstić information content (AvgIpc) is 2.66. The molecule has 0 bridgehead atoms. The molecule has 0 atom stereocenters. The van der Waals surface area contributed by atoms with E-state index in [9.17, 15) is 19.7 Å². The van der Waals surface area contributed by atoms with Crippen molar-refractivity contribution in [2.45, 2.75) is 19.8 Å². The highest BCUT2D eigenvalue weighted by Crippen LogP contribution is 2.28. The Morgan fingerprint density at radius 2 is 1.81 bits per heavy atom. The van der Waals surface area contributed by atoms with Crippen molar-refractivity contribution in [2.75, 3.05) is 19.0 Å². The fourth-order valence-corrected chi connectivity index (χ4v) is 2.31. The number of nitrogens with zero attached hydrogens (tertiary/aromatic N) is 1. The Morgan fingerprint density at radius 3 is 2.37 bits per heavy atom. The van der Waals surface area contributed by atoms with E-state index in [1.165, 1.54) is 25.3 Å². The van der Waals surface area contributed by atoms with Crippen LogP contribution in [0, 0.1) is 10.1 Å². The molecule has 0 spiro atoms. The van der Waals surface area contributed by atoms with E-state index in [4.69, 9.17) is 9.47 Å². The van der Waals surface area contributed by atoms with Crippen LogP contribution >= 0.6 is 0 Å². The van der Waals surface area contributed by atoms with Crippen LogP contribution in [-0.2, 0) is 9.53 Å². The molecule has 0 aliphatic rings.